The number of hydrogen-bond donors (Lipinski definition) is 1. The first kappa shape index (κ1) is 24.0. The minimum Gasteiger partial charge on any atom is -0.507 e. The summed E-state index contributed by atoms with van der Waals surface area (Å²) in [5, 5.41) is 11.4. The first-order valence-electron chi connectivity index (χ1n) is 11.5. The Kier molecular flexibility index (Phi) is 6.87. The Morgan fingerprint density at radius 2 is 1.86 bits per heavy atom. The summed E-state index contributed by atoms with van der Waals surface area (Å²) in [6, 6.07) is 15.8. The molecule has 2 aromatic carbocycles. The molecule has 7 heteroatoms. The van der Waals surface area contributed by atoms with Gasteiger partial charge < -0.3 is 19.6 Å². The molecule has 0 radical (unpaired) electrons. The molecule has 0 saturated carbocycles. The van der Waals surface area contributed by atoms with E-state index in [4.69, 9.17) is 4.74 Å². The number of aliphatic hydroxyl groups is 1. The maximum absolute atomic E-state index is 13.3. The summed E-state index contributed by atoms with van der Waals surface area (Å²) in [6.07, 6.45) is 3.33. The van der Waals surface area contributed by atoms with Gasteiger partial charge >= 0.3 is 0 Å². The van der Waals surface area contributed by atoms with Gasteiger partial charge in [-0.1, -0.05) is 18.2 Å². The average Bonchev–Trinajstić information content (AvgIpc) is 3.09. The van der Waals surface area contributed by atoms with Gasteiger partial charge in [-0.05, 0) is 66.9 Å². The number of amides is 1. The van der Waals surface area contributed by atoms with Crippen molar-refractivity contribution in [3.05, 3.63) is 94.8 Å². The van der Waals surface area contributed by atoms with Crippen LogP contribution in [0.2, 0.25) is 0 Å². The molecule has 4 rings (SSSR count). The number of rotatable bonds is 7. The molecule has 1 atom stereocenters. The molecule has 1 aliphatic heterocycles. The van der Waals surface area contributed by atoms with Gasteiger partial charge in [0.15, 0.2) is 0 Å². The number of nitrogens with zero attached hydrogens (tertiary/aromatic N) is 3. The van der Waals surface area contributed by atoms with E-state index in [1.54, 1.807) is 30.6 Å². The van der Waals surface area contributed by atoms with Crippen LogP contribution < -0.4 is 9.64 Å². The van der Waals surface area contributed by atoms with E-state index >= 15 is 0 Å². The number of anilines is 1. The molecule has 1 amide bonds. The van der Waals surface area contributed by atoms with Crippen LogP contribution in [0.4, 0.5) is 5.69 Å². The molecule has 0 bridgehead atoms. The van der Waals surface area contributed by atoms with E-state index in [0.717, 1.165) is 22.4 Å². The quantitative estimate of drug-likeness (QED) is 0.311. The second-order valence-electron chi connectivity index (χ2n) is 8.68. The Balaban J connectivity index is 1.85. The Morgan fingerprint density at radius 1 is 1.11 bits per heavy atom. The van der Waals surface area contributed by atoms with Crippen LogP contribution in [0.25, 0.3) is 5.76 Å². The third-order valence-corrected chi connectivity index (χ3v) is 6.10. The zero-order chi connectivity index (χ0) is 25.1. The third kappa shape index (κ3) is 4.75. The van der Waals surface area contributed by atoms with Crippen molar-refractivity contribution in [3.63, 3.8) is 0 Å². The number of aromatic nitrogens is 1. The predicted octanol–water partition coefficient (Wildman–Crippen LogP) is 4.48. The highest BCUT2D eigenvalue weighted by Crippen LogP contribution is 2.41. The maximum Gasteiger partial charge on any atom is 0.295 e. The van der Waals surface area contributed by atoms with Crippen molar-refractivity contribution in [2.75, 3.05) is 25.6 Å². The molecule has 180 valence electrons. The highest BCUT2D eigenvalue weighted by atomic mass is 16.5. The molecule has 0 spiro atoms. The molecule has 1 aromatic heterocycles. The number of carbonyl (C=O) groups excluding carboxylic acids is 2. The molecule has 1 N–H and O–H groups in total. The normalized spacial score (nSPS) is 17.0. The second-order valence-corrected chi connectivity index (χ2v) is 8.68. The van der Waals surface area contributed by atoms with Gasteiger partial charge in [0, 0.05) is 44.3 Å². The van der Waals surface area contributed by atoms with Crippen LogP contribution in [0, 0.1) is 6.92 Å². The Morgan fingerprint density at radius 3 is 2.46 bits per heavy atom. The van der Waals surface area contributed by atoms with Gasteiger partial charge in [0.05, 0.1) is 18.2 Å². The van der Waals surface area contributed by atoms with Crippen LogP contribution in [0.1, 0.15) is 35.2 Å². The van der Waals surface area contributed by atoms with Gasteiger partial charge in [-0.25, -0.2) is 0 Å². The summed E-state index contributed by atoms with van der Waals surface area (Å²) < 4.78 is 5.55. The number of pyridine rings is 1. The van der Waals surface area contributed by atoms with Crippen molar-refractivity contribution in [2.24, 2.45) is 0 Å². The fourth-order valence-electron chi connectivity index (χ4n) is 4.34. The van der Waals surface area contributed by atoms with Crippen molar-refractivity contribution in [1.29, 1.82) is 0 Å². The Bertz CT molecular complexity index is 1270. The van der Waals surface area contributed by atoms with E-state index in [1.807, 2.05) is 69.2 Å². The van der Waals surface area contributed by atoms with E-state index < -0.39 is 17.7 Å². The van der Waals surface area contributed by atoms with Crippen LogP contribution in [0.5, 0.6) is 5.75 Å². The largest absolute Gasteiger partial charge is 0.507 e. The average molecular weight is 472 g/mol. The lowest BCUT2D eigenvalue weighted by Crippen LogP contribution is -2.29. The van der Waals surface area contributed by atoms with Gasteiger partial charge in [0.25, 0.3) is 11.7 Å². The number of aliphatic hydroxyl groups excluding tert-OH is 1. The number of hydrogen-bond acceptors (Lipinski definition) is 6. The van der Waals surface area contributed by atoms with Crippen LogP contribution in [0.3, 0.4) is 0 Å². The minimum absolute atomic E-state index is 0.0729. The summed E-state index contributed by atoms with van der Waals surface area (Å²) >= 11 is 0. The Labute approximate surface area is 205 Å². The molecule has 7 nitrogen and oxygen atoms in total. The van der Waals surface area contributed by atoms with Crippen molar-refractivity contribution >= 4 is 23.1 Å². The minimum atomic E-state index is -0.739. The van der Waals surface area contributed by atoms with Crippen molar-refractivity contribution in [2.45, 2.75) is 26.4 Å². The van der Waals surface area contributed by atoms with Gasteiger partial charge in [0.1, 0.15) is 11.5 Å². The van der Waals surface area contributed by atoms with Gasteiger partial charge in [-0.15, -0.1) is 0 Å². The highest BCUT2D eigenvalue weighted by Gasteiger charge is 2.46. The summed E-state index contributed by atoms with van der Waals surface area (Å²) in [5.74, 6) is -0.879. The molecular formula is C28H29N3O4. The summed E-state index contributed by atoms with van der Waals surface area (Å²) in [6.45, 7) is 4.45. The van der Waals surface area contributed by atoms with Gasteiger partial charge in [0.2, 0.25) is 0 Å². The van der Waals surface area contributed by atoms with Crippen LogP contribution >= 0.6 is 0 Å². The molecule has 35 heavy (non-hydrogen) atoms. The van der Waals surface area contributed by atoms with Gasteiger partial charge in [-0.3, -0.25) is 14.6 Å². The standard InChI is InChI=1S/C28H29N3O4/c1-5-35-22-12-13-23(18(2)15-22)26(32)24-25(20-8-10-21(11-9-20)30(3)4)31(28(34)27(24)33)17-19-7-6-14-29-16-19/h6-16,25,32H,5,17H2,1-4H3. The molecule has 1 unspecified atom stereocenters. The lowest BCUT2D eigenvalue weighted by molar-refractivity contribution is -0.140. The fourth-order valence-corrected chi connectivity index (χ4v) is 4.34. The summed E-state index contributed by atoms with van der Waals surface area (Å²) in [5.41, 5.74) is 3.82. The maximum atomic E-state index is 13.3. The predicted molar refractivity (Wildman–Crippen MR) is 135 cm³/mol. The number of ketones is 1. The number of ether oxygens (including phenoxy) is 1. The van der Waals surface area contributed by atoms with Crippen molar-refractivity contribution in [3.8, 4) is 5.75 Å². The van der Waals surface area contributed by atoms with E-state index in [9.17, 15) is 14.7 Å². The third-order valence-electron chi connectivity index (χ3n) is 6.10. The topological polar surface area (TPSA) is 83.0 Å². The van der Waals surface area contributed by atoms with Crippen LogP contribution in [-0.4, -0.2) is 47.4 Å². The fraction of sp³-hybridized carbons (Fsp3) is 0.250. The first-order chi connectivity index (χ1) is 16.8. The number of Topliss-reactive ketones (excluding diaryl/α,β-unsaturated/α-hetero) is 1. The lowest BCUT2D eigenvalue weighted by atomic mass is 9.93. The Hall–Kier alpha value is -4.13. The van der Waals surface area contributed by atoms with E-state index in [1.165, 1.54) is 4.90 Å². The smallest absolute Gasteiger partial charge is 0.295 e. The number of aryl methyl sites for hydroxylation is 1. The van der Waals surface area contributed by atoms with E-state index in [2.05, 4.69) is 4.98 Å². The van der Waals surface area contributed by atoms with Crippen molar-refractivity contribution < 1.29 is 19.4 Å². The number of benzene rings is 2. The second kappa shape index (κ2) is 10.0. The van der Waals surface area contributed by atoms with Crippen LogP contribution in [-0.2, 0) is 16.1 Å². The number of carbonyl (C=O) groups is 2. The van der Waals surface area contributed by atoms with Crippen LogP contribution in [0.15, 0.2) is 72.6 Å². The van der Waals surface area contributed by atoms with E-state index in [0.29, 0.717) is 17.9 Å². The zero-order valence-corrected chi connectivity index (χ0v) is 20.4. The molecule has 0 aliphatic carbocycles. The highest BCUT2D eigenvalue weighted by molar-refractivity contribution is 6.46. The molecular weight excluding hydrogens is 442 g/mol. The molecule has 1 saturated heterocycles. The van der Waals surface area contributed by atoms with Crippen molar-refractivity contribution in [1.82, 2.24) is 9.88 Å². The molecule has 2 heterocycles. The zero-order valence-electron chi connectivity index (χ0n) is 20.4. The monoisotopic (exact) mass is 471 g/mol. The summed E-state index contributed by atoms with van der Waals surface area (Å²) in [7, 11) is 3.89. The van der Waals surface area contributed by atoms with Gasteiger partial charge in [-0.2, -0.15) is 0 Å². The van der Waals surface area contributed by atoms with E-state index in [-0.39, 0.29) is 17.9 Å². The summed E-state index contributed by atoms with van der Waals surface area (Å²) in [4.78, 5) is 34.1. The molecule has 1 fully saturated rings. The first-order valence-corrected chi connectivity index (χ1v) is 11.5. The molecule has 3 aromatic rings. The lowest BCUT2D eigenvalue weighted by Gasteiger charge is -2.26. The number of likely N-dealkylation sites (tertiary alicyclic amines) is 1. The SMILES string of the molecule is CCOc1ccc(C(O)=C2C(=O)C(=O)N(Cc3cccnc3)C2c2ccc(N(C)C)cc2)c(C)c1. The molecule has 1 aliphatic rings.